The van der Waals surface area contributed by atoms with Crippen molar-refractivity contribution in [2.45, 2.75) is 38.6 Å². The molecule has 3 aromatic rings. The minimum atomic E-state index is -3.15. The van der Waals surface area contributed by atoms with Gasteiger partial charge in [0.1, 0.15) is 5.75 Å². The lowest BCUT2D eigenvalue weighted by molar-refractivity contribution is 0.278. The third kappa shape index (κ3) is 6.05. The maximum Gasteiger partial charge on any atom is 0.225 e. The number of fused-ring (bicyclic) bond motifs is 1. The van der Waals surface area contributed by atoms with Gasteiger partial charge >= 0.3 is 0 Å². The standard InChI is InChI=1S/C28H34N4O3S/c1-36(33,34)32-18-14-24-20-26(10-9-25(24)21-32)35-19-5-6-22-12-16-31(17-13-22)28-29-15-11-27(30-28)23-7-3-2-4-8-23/h2-4,7-11,15,20,22H,5-6,12-14,16-19,21H2,1H3. The van der Waals surface area contributed by atoms with Crippen LogP contribution in [0.5, 0.6) is 5.75 Å². The molecule has 0 saturated carbocycles. The average molecular weight is 507 g/mol. The van der Waals surface area contributed by atoms with Crippen molar-refractivity contribution >= 4 is 16.0 Å². The highest BCUT2D eigenvalue weighted by Gasteiger charge is 2.24. The molecule has 3 heterocycles. The number of anilines is 1. The van der Waals surface area contributed by atoms with Crippen molar-refractivity contribution in [2.24, 2.45) is 5.92 Å². The van der Waals surface area contributed by atoms with Crippen LogP contribution in [0.15, 0.2) is 60.8 Å². The van der Waals surface area contributed by atoms with E-state index in [1.165, 1.54) is 16.1 Å². The molecule has 190 valence electrons. The molecule has 1 aromatic heterocycles. The number of nitrogens with zero attached hydrogens (tertiary/aromatic N) is 4. The first-order valence-electron chi connectivity index (χ1n) is 12.8. The molecule has 0 spiro atoms. The molecule has 0 atom stereocenters. The smallest absolute Gasteiger partial charge is 0.225 e. The summed E-state index contributed by atoms with van der Waals surface area (Å²) in [5.74, 6) is 2.41. The SMILES string of the molecule is CS(=O)(=O)N1CCc2cc(OCCCC3CCN(c4nccc(-c5ccccc5)n4)CC3)ccc2C1. The molecule has 0 amide bonds. The van der Waals surface area contributed by atoms with Crippen LogP contribution in [-0.2, 0) is 23.0 Å². The van der Waals surface area contributed by atoms with Gasteiger partial charge in [-0.3, -0.25) is 0 Å². The van der Waals surface area contributed by atoms with Crippen molar-refractivity contribution in [3.8, 4) is 17.0 Å². The molecule has 0 unspecified atom stereocenters. The fraction of sp³-hybridized carbons (Fsp3) is 0.429. The molecule has 0 aliphatic carbocycles. The van der Waals surface area contributed by atoms with Crippen LogP contribution in [0.2, 0.25) is 0 Å². The highest BCUT2D eigenvalue weighted by molar-refractivity contribution is 7.88. The van der Waals surface area contributed by atoms with Gasteiger partial charge in [0, 0.05) is 37.9 Å². The third-order valence-electron chi connectivity index (χ3n) is 7.26. The van der Waals surface area contributed by atoms with E-state index >= 15 is 0 Å². The van der Waals surface area contributed by atoms with E-state index in [4.69, 9.17) is 9.72 Å². The Kier molecular flexibility index (Phi) is 7.53. The summed E-state index contributed by atoms with van der Waals surface area (Å²) in [4.78, 5) is 11.6. The second kappa shape index (κ2) is 11.0. The normalized spacial score (nSPS) is 17.1. The Bertz CT molecular complexity index is 1270. The highest BCUT2D eigenvalue weighted by atomic mass is 32.2. The quantitative estimate of drug-likeness (QED) is 0.418. The molecule has 0 bridgehead atoms. The molecule has 1 saturated heterocycles. The average Bonchev–Trinajstić information content (AvgIpc) is 2.91. The topological polar surface area (TPSA) is 75.6 Å². The second-order valence-electron chi connectivity index (χ2n) is 9.81. The van der Waals surface area contributed by atoms with Crippen molar-refractivity contribution < 1.29 is 13.2 Å². The first-order valence-corrected chi connectivity index (χ1v) is 14.6. The zero-order valence-corrected chi connectivity index (χ0v) is 21.7. The van der Waals surface area contributed by atoms with Crippen molar-refractivity contribution in [3.63, 3.8) is 0 Å². The summed E-state index contributed by atoms with van der Waals surface area (Å²) in [6.07, 6.45) is 8.35. The Morgan fingerprint density at radius 3 is 2.58 bits per heavy atom. The number of benzene rings is 2. The van der Waals surface area contributed by atoms with Crippen LogP contribution in [0.25, 0.3) is 11.3 Å². The molecule has 0 N–H and O–H groups in total. The Morgan fingerprint density at radius 2 is 1.81 bits per heavy atom. The number of hydrogen-bond acceptors (Lipinski definition) is 6. The minimum Gasteiger partial charge on any atom is -0.494 e. The van der Waals surface area contributed by atoms with E-state index in [0.29, 0.717) is 25.6 Å². The predicted molar refractivity (Wildman–Crippen MR) is 143 cm³/mol. The van der Waals surface area contributed by atoms with Crippen LogP contribution in [0.4, 0.5) is 5.95 Å². The number of rotatable bonds is 8. The Labute approximate surface area is 214 Å². The monoisotopic (exact) mass is 506 g/mol. The van der Waals surface area contributed by atoms with Crippen molar-refractivity contribution in [1.82, 2.24) is 14.3 Å². The minimum absolute atomic E-state index is 0.453. The molecule has 2 aromatic carbocycles. The number of hydrogen-bond donors (Lipinski definition) is 0. The van der Waals surface area contributed by atoms with Gasteiger partial charge in [0.2, 0.25) is 16.0 Å². The van der Waals surface area contributed by atoms with Crippen LogP contribution in [-0.4, -0.2) is 55.2 Å². The fourth-order valence-electron chi connectivity index (χ4n) is 5.13. The van der Waals surface area contributed by atoms with Gasteiger partial charge in [0.25, 0.3) is 0 Å². The molecule has 0 radical (unpaired) electrons. The van der Waals surface area contributed by atoms with Crippen molar-refractivity contribution in [1.29, 1.82) is 0 Å². The van der Waals surface area contributed by atoms with E-state index in [0.717, 1.165) is 73.7 Å². The lowest BCUT2D eigenvalue weighted by Crippen LogP contribution is -2.35. The zero-order valence-electron chi connectivity index (χ0n) is 20.8. The maximum absolute atomic E-state index is 11.8. The van der Waals surface area contributed by atoms with Crippen molar-refractivity contribution in [2.75, 3.05) is 37.4 Å². The van der Waals surface area contributed by atoms with Gasteiger partial charge in [0.15, 0.2) is 0 Å². The van der Waals surface area contributed by atoms with Gasteiger partial charge in [-0.1, -0.05) is 36.4 Å². The van der Waals surface area contributed by atoms with Gasteiger partial charge in [-0.2, -0.15) is 4.31 Å². The van der Waals surface area contributed by atoms with Crippen molar-refractivity contribution in [3.05, 3.63) is 71.9 Å². The van der Waals surface area contributed by atoms with Crippen LogP contribution >= 0.6 is 0 Å². The van der Waals surface area contributed by atoms with E-state index in [2.05, 4.69) is 28.1 Å². The Hall–Kier alpha value is -2.97. The zero-order chi connectivity index (χ0) is 25.0. The molecule has 7 nitrogen and oxygen atoms in total. The van der Waals surface area contributed by atoms with Crippen LogP contribution in [0, 0.1) is 5.92 Å². The Morgan fingerprint density at radius 1 is 1.00 bits per heavy atom. The predicted octanol–water partition coefficient (Wildman–Crippen LogP) is 4.54. The highest BCUT2D eigenvalue weighted by Crippen LogP contribution is 2.27. The lowest BCUT2D eigenvalue weighted by atomic mass is 9.92. The molecule has 8 heteroatoms. The molecular weight excluding hydrogens is 472 g/mol. The first-order chi connectivity index (χ1) is 17.5. The van der Waals surface area contributed by atoms with E-state index < -0.39 is 10.0 Å². The molecule has 2 aliphatic heterocycles. The lowest BCUT2D eigenvalue weighted by Gasteiger charge is -2.32. The first kappa shape index (κ1) is 24.7. The molecule has 1 fully saturated rings. The van der Waals surface area contributed by atoms with E-state index in [1.807, 2.05) is 42.6 Å². The maximum atomic E-state index is 11.8. The van der Waals surface area contributed by atoms with Crippen LogP contribution in [0.3, 0.4) is 0 Å². The largest absolute Gasteiger partial charge is 0.494 e. The number of sulfonamides is 1. The summed E-state index contributed by atoms with van der Waals surface area (Å²) in [5.41, 5.74) is 4.35. The van der Waals surface area contributed by atoms with Gasteiger partial charge < -0.3 is 9.64 Å². The summed E-state index contributed by atoms with van der Waals surface area (Å²) in [5, 5.41) is 0. The second-order valence-corrected chi connectivity index (χ2v) is 11.8. The van der Waals surface area contributed by atoms with Gasteiger partial charge in [0.05, 0.1) is 18.6 Å². The summed E-state index contributed by atoms with van der Waals surface area (Å²) in [7, 11) is -3.15. The number of ether oxygens (including phenoxy) is 1. The Balaban J connectivity index is 1.06. The van der Waals surface area contributed by atoms with Gasteiger partial charge in [-0.15, -0.1) is 0 Å². The number of aromatic nitrogens is 2. The molecule has 2 aliphatic rings. The third-order valence-corrected chi connectivity index (χ3v) is 8.51. The fourth-order valence-corrected chi connectivity index (χ4v) is 5.93. The van der Waals surface area contributed by atoms with Crippen LogP contribution in [0.1, 0.15) is 36.8 Å². The van der Waals surface area contributed by atoms with E-state index in [9.17, 15) is 8.42 Å². The number of piperidine rings is 1. The van der Waals surface area contributed by atoms with Gasteiger partial charge in [-0.05, 0) is 67.3 Å². The van der Waals surface area contributed by atoms with E-state index in [1.54, 1.807) is 0 Å². The van der Waals surface area contributed by atoms with E-state index in [-0.39, 0.29) is 0 Å². The summed E-state index contributed by atoms with van der Waals surface area (Å²) >= 11 is 0. The summed E-state index contributed by atoms with van der Waals surface area (Å²) in [6.45, 7) is 3.67. The van der Waals surface area contributed by atoms with Crippen LogP contribution < -0.4 is 9.64 Å². The van der Waals surface area contributed by atoms with Gasteiger partial charge in [-0.25, -0.2) is 18.4 Å². The molecular formula is C28H34N4O3S. The molecule has 5 rings (SSSR count). The summed E-state index contributed by atoms with van der Waals surface area (Å²) < 4.78 is 31.2. The summed E-state index contributed by atoms with van der Waals surface area (Å²) in [6, 6.07) is 18.3. The molecule has 36 heavy (non-hydrogen) atoms.